The smallest absolute Gasteiger partial charge is 0.334 e. The van der Waals surface area contributed by atoms with Crippen LogP contribution in [0.2, 0.25) is 0 Å². The Balaban J connectivity index is 1.63. The molecule has 0 radical (unpaired) electrons. The van der Waals surface area contributed by atoms with Crippen LogP contribution in [0, 0.1) is 5.92 Å². The number of hydrogen-bond acceptors (Lipinski definition) is 3. The Morgan fingerprint density at radius 2 is 1.77 bits per heavy atom. The molecule has 26 heavy (non-hydrogen) atoms. The second-order valence-corrected chi connectivity index (χ2v) is 8.28. The minimum Gasteiger partial charge on any atom is -0.334 e. The Morgan fingerprint density at radius 1 is 1.15 bits per heavy atom. The first-order valence-electron chi connectivity index (χ1n) is 9.68. The molecule has 1 amide bonds. The number of hydrogen-bond donors (Lipinski definition) is 1. The monoisotopic (exact) mass is 356 g/mol. The van der Waals surface area contributed by atoms with E-state index in [9.17, 15) is 9.59 Å². The fraction of sp³-hybridized carbons (Fsp3) is 0.600. The van der Waals surface area contributed by atoms with Gasteiger partial charge >= 0.3 is 11.7 Å². The molecule has 3 heterocycles. The van der Waals surface area contributed by atoms with Gasteiger partial charge in [-0.25, -0.2) is 14.2 Å². The van der Waals surface area contributed by atoms with Crippen molar-refractivity contribution in [2.45, 2.75) is 64.2 Å². The third-order valence-electron chi connectivity index (χ3n) is 6.01. The van der Waals surface area contributed by atoms with Crippen LogP contribution in [-0.2, 0) is 6.54 Å². The highest BCUT2D eigenvalue weighted by Crippen LogP contribution is 2.34. The Bertz CT molecular complexity index is 868. The van der Waals surface area contributed by atoms with Crippen LogP contribution in [0.15, 0.2) is 29.1 Å². The van der Waals surface area contributed by atoms with E-state index in [1.165, 1.54) is 17.4 Å². The SMILES string of the molecule is CC(C)Cn1c(=O)n(C(=O)NC2CC3CCC(C2)N3C)c2ccccc21. The number of carbonyl (C=O) groups is 1. The highest BCUT2D eigenvalue weighted by atomic mass is 16.2. The average Bonchev–Trinajstić information content (AvgIpc) is 2.97. The van der Waals surface area contributed by atoms with Crippen molar-refractivity contribution >= 4 is 17.1 Å². The van der Waals surface area contributed by atoms with Crippen molar-refractivity contribution in [3.63, 3.8) is 0 Å². The van der Waals surface area contributed by atoms with E-state index >= 15 is 0 Å². The molecule has 2 fully saturated rings. The number of rotatable bonds is 3. The molecular weight excluding hydrogens is 328 g/mol. The topological polar surface area (TPSA) is 59.3 Å². The van der Waals surface area contributed by atoms with E-state index in [2.05, 4.69) is 31.1 Å². The number of amides is 1. The zero-order chi connectivity index (χ0) is 18.4. The Morgan fingerprint density at radius 3 is 2.38 bits per heavy atom. The summed E-state index contributed by atoms with van der Waals surface area (Å²) in [6.45, 7) is 4.76. The molecule has 6 heteroatoms. The molecule has 1 aromatic heterocycles. The molecule has 2 aromatic rings. The van der Waals surface area contributed by atoms with Crippen molar-refractivity contribution in [2.75, 3.05) is 7.05 Å². The van der Waals surface area contributed by atoms with Gasteiger partial charge in [0.1, 0.15) is 0 Å². The predicted octanol–water partition coefficient (Wildman–Crippen LogP) is 2.64. The maximum absolute atomic E-state index is 13.0. The van der Waals surface area contributed by atoms with Gasteiger partial charge in [0.15, 0.2) is 0 Å². The summed E-state index contributed by atoms with van der Waals surface area (Å²) in [5.74, 6) is 0.333. The predicted molar refractivity (Wildman–Crippen MR) is 103 cm³/mol. The Labute approximate surface area is 153 Å². The van der Waals surface area contributed by atoms with Gasteiger partial charge in [0.2, 0.25) is 0 Å². The summed E-state index contributed by atoms with van der Waals surface area (Å²) in [5.41, 5.74) is 1.27. The fourth-order valence-electron chi connectivity index (χ4n) is 4.71. The van der Waals surface area contributed by atoms with Crippen LogP contribution in [0.4, 0.5) is 4.79 Å². The summed E-state index contributed by atoms with van der Waals surface area (Å²) in [5, 5.41) is 3.14. The second kappa shape index (κ2) is 6.58. The molecule has 4 rings (SSSR count). The van der Waals surface area contributed by atoms with Crippen LogP contribution in [-0.4, -0.2) is 45.2 Å². The minimum atomic E-state index is -0.289. The highest BCUT2D eigenvalue weighted by Gasteiger charge is 2.39. The van der Waals surface area contributed by atoms with Gasteiger partial charge in [0.05, 0.1) is 11.0 Å². The Kier molecular flexibility index (Phi) is 4.39. The normalized spacial score (nSPS) is 25.9. The maximum Gasteiger partial charge on any atom is 0.337 e. The number of nitrogens with one attached hydrogen (secondary N) is 1. The van der Waals surface area contributed by atoms with Gasteiger partial charge in [-0.2, -0.15) is 0 Å². The quantitative estimate of drug-likeness (QED) is 0.920. The fourth-order valence-corrected chi connectivity index (χ4v) is 4.71. The third kappa shape index (κ3) is 2.86. The van der Waals surface area contributed by atoms with Crippen LogP contribution in [0.3, 0.4) is 0 Å². The van der Waals surface area contributed by atoms with Crippen LogP contribution < -0.4 is 11.0 Å². The number of para-hydroxylation sites is 2. The van der Waals surface area contributed by atoms with Crippen molar-refractivity contribution in [3.05, 3.63) is 34.7 Å². The van der Waals surface area contributed by atoms with Crippen molar-refractivity contribution < 1.29 is 4.79 Å². The van der Waals surface area contributed by atoms with Crippen LogP contribution in [0.5, 0.6) is 0 Å². The van der Waals surface area contributed by atoms with Gasteiger partial charge in [0.25, 0.3) is 0 Å². The molecule has 140 valence electrons. The Hall–Kier alpha value is -2.08. The number of aromatic nitrogens is 2. The second-order valence-electron chi connectivity index (χ2n) is 8.28. The summed E-state index contributed by atoms with van der Waals surface area (Å²) < 4.78 is 3.04. The number of benzene rings is 1. The molecule has 2 aliphatic heterocycles. The largest absolute Gasteiger partial charge is 0.337 e. The van der Waals surface area contributed by atoms with Crippen LogP contribution in [0.1, 0.15) is 39.5 Å². The molecule has 6 nitrogen and oxygen atoms in total. The number of fused-ring (bicyclic) bond motifs is 3. The zero-order valence-electron chi connectivity index (χ0n) is 15.8. The minimum absolute atomic E-state index is 0.148. The van der Waals surface area contributed by atoms with Crippen LogP contribution >= 0.6 is 0 Å². The number of imidazole rings is 1. The summed E-state index contributed by atoms with van der Waals surface area (Å²) in [6, 6.07) is 8.52. The molecule has 2 aliphatic rings. The first-order chi connectivity index (χ1) is 12.5. The molecule has 2 bridgehead atoms. The molecule has 1 N–H and O–H groups in total. The maximum atomic E-state index is 13.0. The van der Waals surface area contributed by atoms with Crippen molar-refractivity contribution in [3.8, 4) is 0 Å². The third-order valence-corrected chi connectivity index (χ3v) is 6.01. The van der Waals surface area contributed by atoms with Crippen molar-refractivity contribution in [1.29, 1.82) is 0 Å². The number of nitrogens with zero attached hydrogens (tertiary/aromatic N) is 3. The molecule has 0 aliphatic carbocycles. The molecule has 0 spiro atoms. The molecule has 2 saturated heterocycles. The molecule has 1 aromatic carbocycles. The molecule has 2 unspecified atom stereocenters. The van der Waals surface area contributed by atoms with E-state index in [0.29, 0.717) is 30.1 Å². The standard InChI is InChI=1S/C20H28N4O2/c1-13(2)12-23-17-6-4-5-7-18(17)24(20(23)26)19(25)21-14-10-15-8-9-16(11-14)22(15)3/h4-7,13-16H,8-12H2,1-3H3,(H,21,25). The van der Waals surface area contributed by atoms with Gasteiger partial charge in [0, 0.05) is 24.7 Å². The van der Waals surface area contributed by atoms with Crippen LogP contribution in [0.25, 0.3) is 11.0 Å². The van der Waals surface area contributed by atoms with E-state index in [4.69, 9.17) is 0 Å². The van der Waals surface area contributed by atoms with E-state index in [1.54, 1.807) is 4.57 Å². The molecule has 0 saturated carbocycles. The number of piperidine rings is 1. The van der Waals surface area contributed by atoms with Gasteiger partial charge in [-0.1, -0.05) is 26.0 Å². The zero-order valence-corrected chi connectivity index (χ0v) is 15.8. The van der Waals surface area contributed by atoms with Gasteiger partial charge in [-0.3, -0.25) is 4.57 Å². The van der Waals surface area contributed by atoms with E-state index in [-0.39, 0.29) is 17.8 Å². The van der Waals surface area contributed by atoms with E-state index < -0.39 is 0 Å². The lowest BCUT2D eigenvalue weighted by molar-refractivity contribution is 0.149. The van der Waals surface area contributed by atoms with Crippen molar-refractivity contribution in [2.24, 2.45) is 5.92 Å². The molecular formula is C20H28N4O2. The average molecular weight is 356 g/mol. The highest BCUT2D eigenvalue weighted by molar-refractivity contribution is 5.89. The summed E-state index contributed by atoms with van der Waals surface area (Å²) in [4.78, 5) is 28.4. The lowest BCUT2D eigenvalue weighted by Gasteiger charge is -2.36. The van der Waals surface area contributed by atoms with E-state index in [0.717, 1.165) is 18.4 Å². The summed E-state index contributed by atoms with van der Waals surface area (Å²) in [6.07, 6.45) is 4.36. The van der Waals surface area contributed by atoms with Crippen molar-refractivity contribution in [1.82, 2.24) is 19.4 Å². The summed E-state index contributed by atoms with van der Waals surface area (Å²) >= 11 is 0. The number of carbonyl (C=O) groups excluding carboxylic acids is 1. The molecule has 2 atom stereocenters. The summed E-state index contributed by atoms with van der Waals surface area (Å²) in [7, 11) is 2.18. The lowest BCUT2D eigenvalue weighted by atomic mass is 9.98. The first kappa shape index (κ1) is 17.3. The van der Waals surface area contributed by atoms with Gasteiger partial charge in [-0.15, -0.1) is 0 Å². The first-order valence-corrected chi connectivity index (χ1v) is 9.68. The van der Waals surface area contributed by atoms with Gasteiger partial charge in [-0.05, 0) is 50.8 Å². The van der Waals surface area contributed by atoms with Gasteiger partial charge < -0.3 is 10.2 Å². The lowest BCUT2D eigenvalue weighted by Crippen LogP contribution is -2.50. The van der Waals surface area contributed by atoms with E-state index in [1.807, 2.05) is 24.3 Å².